The molecular weight excluding hydrogens is 347 g/mol. The van der Waals surface area contributed by atoms with Crippen LogP contribution in [0.1, 0.15) is 30.0 Å². The first kappa shape index (κ1) is 17.8. The molecule has 0 spiro atoms. The molecule has 4 atom stereocenters. The fraction of sp³-hybridized carbons (Fsp3) is 0.611. The number of rotatable bonds is 2. The molecule has 2 N–H and O–H groups in total. The Morgan fingerprint density at radius 2 is 1.92 bits per heavy atom. The molecular formula is C18H22F3N3O2. The van der Waals surface area contributed by atoms with E-state index in [4.69, 9.17) is 4.74 Å². The third kappa shape index (κ3) is 3.33. The highest BCUT2D eigenvalue weighted by Gasteiger charge is 2.43. The van der Waals surface area contributed by atoms with Crippen LogP contribution in [0.15, 0.2) is 24.3 Å². The van der Waals surface area contributed by atoms with Crippen molar-refractivity contribution in [2.75, 3.05) is 26.3 Å². The molecule has 5 nitrogen and oxygen atoms in total. The molecule has 1 aromatic carbocycles. The maximum absolute atomic E-state index is 12.8. The number of nitrogens with one attached hydrogen (secondary N) is 2. The number of piperidine rings is 1. The van der Waals surface area contributed by atoms with Gasteiger partial charge in [-0.05, 0) is 30.5 Å². The number of carbonyl (C=O) groups excluding carboxylic acids is 1. The van der Waals surface area contributed by atoms with Crippen LogP contribution >= 0.6 is 0 Å². The van der Waals surface area contributed by atoms with Gasteiger partial charge < -0.3 is 9.64 Å². The van der Waals surface area contributed by atoms with Crippen molar-refractivity contribution in [2.24, 2.45) is 11.8 Å². The third-order valence-electron chi connectivity index (χ3n) is 5.70. The molecule has 4 unspecified atom stereocenters. The van der Waals surface area contributed by atoms with Crippen molar-refractivity contribution in [1.29, 1.82) is 0 Å². The lowest BCUT2D eigenvalue weighted by molar-refractivity contribution is -0.138. The highest BCUT2D eigenvalue weighted by atomic mass is 19.4. The smallest absolute Gasteiger partial charge is 0.381 e. The predicted octanol–water partition coefficient (Wildman–Crippen LogP) is 2.11. The Morgan fingerprint density at radius 1 is 1.15 bits per heavy atom. The van der Waals surface area contributed by atoms with E-state index in [-0.39, 0.29) is 29.8 Å². The van der Waals surface area contributed by atoms with Crippen LogP contribution in [-0.2, 0) is 15.7 Å². The average molecular weight is 369 g/mol. The van der Waals surface area contributed by atoms with E-state index < -0.39 is 11.7 Å². The number of carbonyl (C=O) groups is 1. The van der Waals surface area contributed by atoms with Crippen molar-refractivity contribution in [3.05, 3.63) is 35.4 Å². The summed E-state index contributed by atoms with van der Waals surface area (Å²) in [5.41, 5.74) is 6.61. The standard InChI is InChI=1S/C18H22F3N3O2/c19-18(20,21)13-3-1-11(2-4-13)16-14-9-24(7-5-15(14)22-23-16)17(25)12-6-8-26-10-12/h1-4,12,14-16,22-23H,5-10H2. The van der Waals surface area contributed by atoms with Crippen LogP contribution in [0.5, 0.6) is 0 Å². The lowest BCUT2D eigenvalue weighted by Crippen LogP contribution is -2.49. The van der Waals surface area contributed by atoms with E-state index in [0.717, 1.165) is 30.5 Å². The summed E-state index contributed by atoms with van der Waals surface area (Å²) in [7, 11) is 0. The lowest BCUT2D eigenvalue weighted by Gasteiger charge is -2.37. The molecule has 3 fully saturated rings. The Kier molecular flexibility index (Phi) is 4.66. The lowest BCUT2D eigenvalue weighted by atomic mass is 9.84. The van der Waals surface area contributed by atoms with Gasteiger partial charge in [-0.15, -0.1) is 0 Å². The molecule has 142 valence electrons. The Balaban J connectivity index is 1.47. The summed E-state index contributed by atoms with van der Waals surface area (Å²) in [6, 6.07) is 5.38. The Morgan fingerprint density at radius 3 is 2.58 bits per heavy atom. The van der Waals surface area contributed by atoms with Gasteiger partial charge in [-0.25, -0.2) is 5.43 Å². The van der Waals surface area contributed by atoms with Crippen LogP contribution in [0.4, 0.5) is 13.2 Å². The number of alkyl halides is 3. The predicted molar refractivity (Wildman–Crippen MR) is 87.9 cm³/mol. The van der Waals surface area contributed by atoms with E-state index in [1.807, 2.05) is 4.90 Å². The van der Waals surface area contributed by atoms with E-state index in [0.29, 0.717) is 26.3 Å². The van der Waals surface area contributed by atoms with Crippen LogP contribution in [0.3, 0.4) is 0 Å². The zero-order valence-corrected chi connectivity index (χ0v) is 14.3. The first-order chi connectivity index (χ1) is 12.4. The van der Waals surface area contributed by atoms with Gasteiger partial charge in [0.25, 0.3) is 0 Å². The molecule has 0 saturated carbocycles. The number of hydrazine groups is 1. The second kappa shape index (κ2) is 6.83. The molecule has 0 aromatic heterocycles. The second-order valence-corrected chi connectivity index (χ2v) is 7.29. The Labute approximate surface area is 149 Å². The van der Waals surface area contributed by atoms with Crippen molar-refractivity contribution >= 4 is 5.91 Å². The number of halogens is 3. The summed E-state index contributed by atoms with van der Waals surface area (Å²) in [6.07, 6.45) is -2.74. The maximum atomic E-state index is 12.8. The van der Waals surface area contributed by atoms with Gasteiger partial charge in [0, 0.05) is 31.7 Å². The largest absolute Gasteiger partial charge is 0.416 e. The maximum Gasteiger partial charge on any atom is 0.416 e. The van der Waals surface area contributed by atoms with Crippen molar-refractivity contribution in [3.8, 4) is 0 Å². The molecule has 3 heterocycles. The number of nitrogens with zero attached hydrogens (tertiary/aromatic N) is 1. The van der Waals surface area contributed by atoms with E-state index in [1.165, 1.54) is 12.1 Å². The first-order valence-electron chi connectivity index (χ1n) is 8.98. The van der Waals surface area contributed by atoms with Crippen molar-refractivity contribution in [3.63, 3.8) is 0 Å². The summed E-state index contributed by atoms with van der Waals surface area (Å²) in [4.78, 5) is 14.6. The topological polar surface area (TPSA) is 53.6 Å². The van der Waals surface area contributed by atoms with E-state index in [9.17, 15) is 18.0 Å². The molecule has 0 aliphatic carbocycles. The summed E-state index contributed by atoms with van der Waals surface area (Å²) < 4.78 is 43.6. The minimum atomic E-state index is -4.33. The quantitative estimate of drug-likeness (QED) is 0.839. The van der Waals surface area contributed by atoms with Gasteiger partial charge in [0.1, 0.15) is 0 Å². The number of ether oxygens (including phenoxy) is 1. The number of likely N-dealkylation sites (tertiary alicyclic amines) is 1. The summed E-state index contributed by atoms with van der Waals surface area (Å²) in [5.74, 6) is 0.212. The number of benzene rings is 1. The monoisotopic (exact) mass is 369 g/mol. The second-order valence-electron chi connectivity index (χ2n) is 7.29. The average Bonchev–Trinajstić information content (AvgIpc) is 3.30. The number of amides is 1. The molecule has 4 rings (SSSR count). The zero-order chi connectivity index (χ0) is 18.3. The normalized spacial score (nSPS) is 31.9. The van der Waals surface area contributed by atoms with Crippen molar-refractivity contribution in [2.45, 2.75) is 31.1 Å². The van der Waals surface area contributed by atoms with Gasteiger partial charge in [-0.3, -0.25) is 10.2 Å². The number of fused-ring (bicyclic) bond motifs is 1. The molecule has 8 heteroatoms. The van der Waals surface area contributed by atoms with Crippen LogP contribution in [0.2, 0.25) is 0 Å². The van der Waals surface area contributed by atoms with Crippen LogP contribution in [0, 0.1) is 11.8 Å². The molecule has 0 bridgehead atoms. The van der Waals surface area contributed by atoms with Gasteiger partial charge in [0.15, 0.2) is 0 Å². The number of hydrogen-bond donors (Lipinski definition) is 2. The highest BCUT2D eigenvalue weighted by Crippen LogP contribution is 2.36. The SMILES string of the molecule is O=C(C1CCOC1)N1CCC2NNC(c3ccc(C(F)(F)F)cc3)C2C1. The van der Waals surface area contributed by atoms with Gasteiger partial charge in [0.05, 0.1) is 24.1 Å². The van der Waals surface area contributed by atoms with Crippen molar-refractivity contribution in [1.82, 2.24) is 15.8 Å². The fourth-order valence-electron chi connectivity index (χ4n) is 4.20. The molecule has 1 aromatic rings. The highest BCUT2D eigenvalue weighted by molar-refractivity contribution is 5.79. The first-order valence-corrected chi connectivity index (χ1v) is 8.98. The van der Waals surface area contributed by atoms with E-state index >= 15 is 0 Å². The van der Waals surface area contributed by atoms with Crippen LogP contribution in [-0.4, -0.2) is 43.2 Å². The molecule has 3 saturated heterocycles. The molecule has 3 aliphatic rings. The van der Waals surface area contributed by atoms with E-state index in [1.54, 1.807) is 0 Å². The molecule has 3 aliphatic heterocycles. The van der Waals surface area contributed by atoms with Crippen LogP contribution < -0.4 is 10.9 Å². The van der Waals surface area contributed by atoms with E-state index in [2.05, 4.69) is 10.9 Å². The summed E-state index contributed by atoms with van der Waals surface area (Å²) in [6.45, 7) is 2.42. The fourth-order valence-corrected chi connectivity index (χ4v) is 4.20. The van der Waals surface area contributed by atoms with Gasteiger partial charge in [-0.1, -0.05) is 12.1 Å². The van der Waals surface area contributed by atoms with Gasteiger partial charge in [-0.2, -0.15) is 13.2 Å². The minimum absolute atomic E-state index is 0.0570. The van der Waals surface area contributed by atoms with Crippen molar-refractivity contribution < 1.29 is 22.7 Å². The Hall–Kier alpha value is -1.64. The van der Waals surface area contributed by atoms with Gasteiger partial charge >= 0.3 is 6.18 Å². The summed E-state index contributed by atoms with van der Waals surface area (Å²) >= 11 is 0. The minimum Gasteiger partial charge on any atom is -0.381 e. The van der Waals surface area contributed by atoms with Crippen LogP contribution in [0.25, 0.3) is 0 Å². The third-order valence-corrected chi connectivity index (χ3v) is 5.70. The number of hydrogen-bond acceptors (Lipinski definition) is 4. The molecule has 26 heavy (non-hydrogen) atoms. The Bertz CT molecular complexity index is 659. The summed E-state index contributed by atoms with van der Waals surface area (Å²) in [5, 5.41) is 0. The van der Waals surface area contributed by atoms with Gasteiger partial charge in [0.2, 0.25) is 5.91 Å². The zero-order valence-electron chi connectivity index (χ0n) is 14.3. The molecule has 0 radical (unpaired) electrons. The molecule has 1 amide bonds.